The van der Waals surface area contributed by atoms with Gasteiger partial charge in [-0.25, -0.2) is 8.42 Å². The number of rotatable bonds is 4. The van der Waals surface area contributed by atoms with Gasteiger partial charge in [-0.05, 0) is 31.7 Å². The Balaban J connectivity index is 2.01. The molecule has 5 nitrogen and oxygen atoms in total. The van der Waals surface area contributed by atoms with Gasteiger partial charge in [-0.3, -0.25) is 4.79 Å². The summed E-state index contributed by atoms with van der Waals surface area (Å²) in [6.07, 6.45) is 3.14. The van der Waals surface area contributed by atoms with Crippen molar-refractivity contribution >= 4 is 37.0 Å². The Hall–Kier alpha value is -0.630. The van der Waals surface area contributed by atoms with Crippen molar-refractivity contribution in [2.45, 2.75) is 36.5 Å². The molecule has 1 saturated heterocycles. The van der Waals surface area contributed by atoms with Gasteiger partial charge in [-0.1, -0.05) is 0 Å². The molecule has 1 aliphatic rings. The molecule has 1 amide bonds. The van der Waals surface area contributed by atoms with Crippen LogP contribution < -0.4 is 5.32 Å². The first-order valence-corrected chi connectivity index (χ1v) is 9.51. The predicted molar refractivity (Wildman–Crippen MR) is 78.0 cm³/mol. The SMILES string of the molecule is Cc1c(C(=O)NCC2CCCCO2)csc1S(=O)(=O)Cl. The number of halogens is 1. The lowest BCUT2D eigenvalue weighted by Crippen LogP contribution is -2.35. The van der Waals surface area contributed by atoms with Gasteiger partial charge in [0.1, 0.15) is 4.21 Å². The molecule has 0 saturated carbocycles. The fourth-order valence-electron chi connectivity index (χ4n) is 2.13. The summed E-state index contributed by atoms with van der Waals surface area (Å²) in [6, 6.07) is 0. The average molecular weight is 338 g/mol. The van der Waals surface area contributed by atoms with Gasteiger partial charge < -0.3 is 10.1 Å². The Morgan fingerprint density at radius 2 is 2.30 bits per heavy atom. The summed E-state index contributed by atoms with van der Waals surface area (Å²) in [5.41, 5.74) is 0.747. The van der Waals surface area contributed by atoms with Crippen molar-refractivity contribution in [2.24, 2.45) is 0 Å². The van der Waals surface area contributed by atoms with Gasteiger partial charge in [-0.2, -0.15) is 0 Å². The highest BCUT2D eigenvalue weighted by Gasteiger charge is 2.22. The summed E-state index contributed by atoms with van der Waals surface area (Å²) in [7, 11) is 1.52. The third-order valence-corrected chi connectivity index (χ3v) is 6.53. The summed E-state index contributed by atoms with van der Waals surface area (Å²) < 4.78 is 28.2. The monoisotopic (exact) mass is 337 g/mol. The third kappa shape index (κ3) is 3.72. The minimum absolute atomic E-state index is 0.0261. The summed E-state index contributed by atoms with van der Waals surface area (Å²) >= 11 is 0.961. The van der Waals surface area contributed by atoms with Crippen LogP contribution in [0.15, 0.2) is 9.59 Å². The van der Waals surface area contributed by atoms with E-state index in [1.54, 1.807) is 6.92 Å². The molecule has 0 bridgehead atoms. The molecule has 0 aromatic carbocycles. The Bertz CT molecular complexity index is 591. The molecular weight excluding hydrogens is 322 g/mol. The molecule has 0 radical (unpaired) electrons. The van der Waals surface area contributed by atoms with Crippen molar-refractivity contribution in [3.63, 3.8) is 0 Å². The van der Waals surface area contributed by atoms with Crippen LogP contribution in [0.2, 0.25) is 0 Å². The van der Waals surface area contributed by atoms with Crippen molar-refractivity contribution in [2.75, 3.05) is 13.2 Å². The van der Waals surface area contributed by atoms with E-state index in [1.165, 1.54) is 5.38 Å². The van der Waals surface area contributed by atoms with Gasteiger partial charge in [0.05, 0.1) is 11.7 Å². The molecule has 1 aliphatic heterocycles. The third-order valence-electron chi connectivity index (χ3n) is 3.22. The summed E-state index contributed by atoms with van der Waals surface area (Å²) in [4.78, 5) is 12.1. The zero-order valence-corrected chi connectivity index (χ0v) is 13.4. The number of hydrogen-bond donors (Lipinski definition) is 1. The maximum absolute atomic E-state index is 12.1. The highest BCUT2D eigenvalue weighted by Crippen LogP contribution is 2.29. The van der Waals surface area contributed by atoms with Gasteiger partial charge in [0.15, 0.2) is 0 Å². The average Bonchev–Trinajstić information content (AvgIpc) is 2.79. The van der Waals surface area contributed by atoms with Crippen molar-refractivity contribution in [3.8, 4) is 0 Å². The normalized spacial score (nSPS) is 19.8. The number of carbonyl (C=O) groups is 1. The highest BCUT2D eigenvalue weighted by molar-refractivity contribution is 8.15. The topological polar surface area (TPSA) is 72.5 Å². The molecule has 112 valence electrons. The van der Waals surface area contributed by atoms with Crippen molar-refractivity contribution in [1.29, 1.82) is 0 Å². The Kier molecular flexibility index (Phi) is 5.06. The van der Waals surface area contributed by atoms with Gasteiger partial charge in [0.2, 0.25) is 0 Å². The van der Waals surface area contributed by atoms with E-state index < -0.39 is 9.05 Å². The maximum atomic E-state index is 12.1. The second-order valence-electron chi connectivity index (χ2n) is 4.70. The standard InChI is InChI=1S/C12H16ClNO4S2/c1-8-10(7-19-12(8)20(13,16)17)11(15)14-6-9-4-2-3-5-18-9/h7,9H,2-6H2,1H3,(H,14,15). The van der Waals surface area contributed by atoms with E-state index in [0.29, 0.717) is 17.7 Å². The molecule has 1 aromatic heterocycles. The van der Waals surface area contributed by atoms with Crippen LogP contribution in [-0.4, -0.2) is 33.6 Å². The molecule has 0 spiro atoms. The van der Waals surface area contributed by atoms with Crippen LogP contribution in [0.5, 0.6) is 0 Å². The van der Waals surface area contributed by atoms with Gasteiger partial charge in [0, 0.05) is 29.2 Å². The van der Waals surface area contributed by atoms with E-state index in [0.717, 1.165) is 37.2 Å². The molecular formula is C12H16ClNO4S2. The molecule has 8 heteroatoms. The van der Waals surface area contributed by atoms with E-state index >= 15 is 0 Å². The second-order valence-corrected chi connectivity index (χ2v) is 8.34. The number of amides is 1. The van der Waals surface area contributed by atoms with Crippen LogP contribution in [0, 0.1) is 6.92 Å². The smallest absolute Gasteiger partial charge is 0.271 e. The molecule has 1 aromatic rings. The van der Waals surface area contributed by atoms with Crippen LogP contribution in [-0.2, 0) is 13.8 Å². The van der Waals surface area contributed by atoms with Crippen molar-refractivity contribution in [3.05, 3.63) is 16.5 Å². The maximum Gasteiger partial charge on any atom is 0.271 e. The van der Waals surface area contributed by atoms with Crippen LogP contribution in [0.3, 0.4) is 0 Å². The first-order chi connectivity index (χ1) is 9.39. The second kappa shape index (κ2) is 6.43. The largest absolute Gasteiger partial charge is 0.376 e. The Labute approximate surface area is 126 Å². The van der Waals surface area contributed by atoms with Crippen LogP contribution in [0.1, 0.15) is 35.2 Å². The zero-order chi connectivity index (χ0) is 14.8. The van der Waals surface area contributed by atoms with Crippen LogP contribution in [0.25, 0.3) is 0 Å². The predicted octanol–water partition coefficient (Wildman–Crippen LogP) is 2.28. The van der Waals surface area contributed by atoms with Crippen molar-refractivity contribution < 1.29 is 17.9 Å². The zero-order valence-electron chi connectivity index (χ0n) is 11.0. The Morgan fingerprint density at radius 3 is 2.85 bits per heavy atom. The van der Waals surface area contributed by atoms with E-state index in [9.17, 15) is 13.2 Å². The Morgan fingerprint density at radius 1 is 1.55 bits per heavy atom. The first-order valence-electron chi connectivity index (χ1n) is 6.32. The fraction of sp³-hybridized carbons (Fsp3) is 0.583. The molecule has 0 aliphatic carbocycles. The highest BCUT2D eigenvalue weighted by atomic mass is 35.7. The molecule has 20 heavy (non-hydrogen) atoms. The lowest BCUT2D eigenvalue weighted by Gasteiger charge is -2.22. The molecule has 1 unspecified atom stereocenters. The quantitative estimate of drug-likeness (QED) is 0.855. The number of carbonyl (C=O) groups excluding carboxylic acids is 1. The van der Waals surface area contributed by atoms with E-state index in [1.807, 2.05) is 0 Å². The van der Waals surface area contributed by atoms with Gasteiger partial charge >= 0.3 is 0 Å². The van der Waals surface area contributed by atoms with E-state index in [2.05, 4.69) is 5.32 Å². The van der Waals surface area contributed by atoms with Crippen LogP contribution >= 0.6 is 22.0 Å². The van der Waals surface area contributed by atoms with E-state index in [-0.39, 0.29) is 16.2 Å². The first kappa shape index (κ1) is 15.8. The lowest BCUT2D eigenvalue weighted by atomic mass is 10.1. The molecule has 1 N–H and O–H groups in total. The number of ether oxygens (including phenoxy) is 1. The lowest BCUT2D eigenvalue weighted by molar-refractivity contribution is 0.0169. The fourth-order valence-corrected chi connectivity index (χ4v) is 4.68. The summed E-state index contributed by atoms with van der Waals surface area (Å²) in [5, 5.41) is 4.29. The van der Waals surface area contributed by atoms with Crippen LogP contribution in [0.4, 0.5) is 0 Å². The minimum Gasteiger partial charge on any atom is -0.376 e. The number of thiophene rings is 1. The minimum atomic E-state index is -3.80. The summed E-state index contributed by atoms with van der Waals surface area (Å²) in [5.74, 6) is -0.292. The number of nitrogens with one attached hydrogen (secondary N) is 1. The van der Waals surface area contributed by atoms with Crippen molar-refractivity contribution in [1.82, 2.24) is 5.32 Å². The molecule has 1 atom stereocenters. The molecule has 2 rings (SSSR count). The van der Waals surface area contributed by atoms with E-state index in [4.69, 9.17) is 15.4 Å². The van der Waals surface area contributed by atoms with Gasteiger partial charge in [0.25, 0.3) is 15.0 Å². The molecule has 1 fully saturated rings. The number of hydrogen-bond acceptors (Lipinski definition) is 5. The summed E-state index contributed by atoms with van der Waals surface area (Å²) in [6.45, 7) is 2.75. The van der Waals surface area contributed by atoms with Gasteiger partial charge in [-0.15, -0.1) is 11.3 Å². The molecule has 2 heterocycles.